The Balaban J connectivity index is 2.23. The number of rotatable bonds is 5. The van der Waals surface area contributed by atoms with Crippen molar-refractivity contribution in [3.8, 4) is 0 Å². The minimum absolute atomic E-state index is 0.172. The molecule has 1 aliphatic rings. The lowest BCUT2D eigenvalue weighted by Crippen LogP contribution is -2.57. The first-order chi connectivity index (χ1) is 10.4. The van der Waals surface area contributed by atoms with Crippen molar-refractivity contribution in [2.24, 2.45) is 5.73 Å². The quantitative estimate of drug-likeness (QED) is 0.866. The van der Waals surface area contributed by atoms with Crippen molar-refractivity contribution in [2.75, 3.05) is 14.1 Å². The summed E-state index contributed by atoms with van der Waals surface area (Å²) in [7, 11) is 3.71. The number of carbonyl (C=O) groups is 2. The lowest BCUT2D eigenvalue weighted by atomic mass is 9.95. The zero-order valence-corrected chi connectivity index (χ0v) is 13.6. The van der Waals surface area contributed by atoms with Gasteiger partial charge in [-0.05, 0) is 39.4 Å². The first-order valence-electron chi connectivity index (χ1n) is 7.71. The minimum Gasteiger partial charge on any atom is -0.368 e. The number of hydrogen-bond acceptors (Lipinski definition) is 3. The number of likely N-dealkylation sites (N-methyl/N-ethyl adjacent to an activating group) is 1. The van der Waals surface area contributed by atoms with Gasteiger partial charge in [0.2, 0.25) is 11.8 Å². The predicted molar refractivity (Wildman–Crippen MR) is 86.1 cm³/mol. The Kier molecular flexibility index (Phi) is 4.86. The number of nitrogens with zero attached hydrogens (tertiary/aromatic N) is 1. The van der Waals surface area contributed by atoms with Crippen molar-refractivity contribution in [1.29, 1.82) is 0 Å². The van der Waals surface area contributed by atoms with Gasteiger partial charge >= 0.3 is 0 Å². The number of hydrogen-bond donors (Lipinski definition) is 2. The van der Waals surface area contributed by atoms with E-state index in [1.54, 1.807) is 0 Å². The summed E-state index contributed by atoms with van der Waals surface area (Å²) in [4.78, 5) is 26.5. The molecule has 1 atom stereocenters. The molecule has 0 radical (unpaired) electrons. The minimum atomic E-state index is -0.879. The van der Waals surface area contributed by atoms with Crippen molar-refractivity contribution in [3.63, 3.8) is 0 Å². The Morgan fingerprint density at radius 2 is 1.73 bits per heavy atom. The number of primary amides is 1. The smallest absolute Gasteiger partial charge is 0.243 e. The third-order valence-corrected chi connectivity index (χ3v) is 4.45. The molecule has 1 aliphatic carbocycles. The van der Waals surface area contributed by atoms with Crippen LogP contribution in [0.3, 0.4) is 0 Å². The highest BCUT2D eigenvalue weighted by molar-refractivity contribution is 5.92. The van der Waals surface area contributed by atoms with Gasteiger partial charge in [0, 0.05) is 0 Å². The van der Waals surface area contributed by atoms with Gasteiger partial charge in [0.15, 0.2) is 0 Å². The first kappa shape index (κ1) is 16.5. The molecule has 2 rings (SSSR count). The molecule has 5 heteroatoms. The van der Waals surface area contributed by atoms with Crippen LogP contribution >= 0.6 is 0 Å². The molecule has 0 heterocycles. The Morgan fingerprint density at radius 1 is 1.18 bits per heavy atom. The Hall–Kier alpha value is -1.88. The molecule has 1 saturated carbocycles. The Labute approximate surface area is 131 Å². The van der Waals surface area contributed by atoms with Crippen molar-refractivity contribution in [3.05, 3.63) is 35.4 Å². The highest BCUT2D eigenvalue weighted by Crippen LogP contribution is 2.30. The normalized spacial score (nSPS) is 18.2. The second-order valence-corrected chi connectivity index (χ2v) is 6.42. The maximum Gasteiger partial charge on any atom is 0.243 e. The second-order valence-electron chi connectivity index (χ2n) is 6.42. The Morgan fingerprint density at radius 3 is 2.18 bits per heavy atom. The fourth-order valence-corrected chi connectivity index (χ4v) is 3.15. The van der Waals surface area contributed by atoms with Gasteiger partial charge in [0.25, 0.3) is 0 Å². The molecule has 5 nitrogen and oxygen atoms in total. The topological polar surface area (TPSA) is 75.4 Å². The molecule has 1 fully saturated rings. The average Bonchev–Trinajstić information content (AvgIpc) is 2.90. The molecule has 0 aliphatic heterocycles. The molecular formula is C17H25N3O2. The number of amides is 2. The highest BCUT2D eigenvalue weighted by atomic mass is 16.2. The van der Waals surface area contributed by atoms with E-state index in [2.05, 4.69) is 5.32 Å². The fraction of sp³-hybridized carbons (Fsp3) is 0.529. The number of nitrogens with one attached hydrogen (secondary N) is 1. The van der Waals surface area contributed by atoms with Gasteiger partial charge in [0.05, 0.1) is 0 Å². The number of carbonyl (C=O) groups excluding carboxylic acids is 2. The van der Waals surface area contributed by atoms with Gasteiger partial charge in [-0.1, -0.05) is 42.7 Å². The Bertz CT molecular complexity index is 546. The van der Waals surface area contributed by atoms with E-state index in [9.17, 15) is 9.59 Å². The molecule has 0 aromatic heterocycles. The summed E-state index contributed by atoms with van der Waals surface area (Å²) in [5.74, 6) is -0.602. The van der Waals surface area contributed by atoms with Gasteiger partial charge in [0.1, 0.15) is 11.6 Å². The molecule has 1 aromatic rings. The van der Waals surface area contributed by atoms with Crippen LogP contribution in [0.2, 0.25) is 0 Å². The van der Waals surface area contributed by atoms with Crippen LogP contribution in [-0.2, 0) is 9.59 Å². The maximum absolute atomic E-state index is 12.8. The van der Waals surface area contributed by atoms with Gasteiger partial charge in [-0.3, -0.25) is 14.5 Å². The van der Waals surface area contributed by atoms with Gasteiger partial charge in [-0.15, -0.1) is 0 Å². The number of aryl methyl sites for hydroxylation is 1. The largest absolute Gasteiger partial charge is 0.368 e. The zero-order chi connectivity index (χ0) is 16.3. The summed E-state index contributed by atoms with van der Waals surface area (Å²) in [6.45, 7) is 2.01. The molecular weight excluding hydrogens is 278 g/mol. The average molecular weight is 303 g/mol. The summed E-state index contributed by atoms with van der Waals surface area (Å²) in [6.07, 6.45) is 3.09. The lowest BCUT2D eigenvalue weighted by Gasteiger charge is -2.31. The fourth-order valence-electron chi connectivity index (χ4n) is 3.15. The summed E-state index contributed by atoms with van der Waals surface area (Å²) in [5, 5.41) is 2.93. The molecule has 3 N–H and O–H groups in total. The van der Waals surface area contributed by atoms with Crippen molar-refractivity contribution in [2.45, 2.75) is 44.2 Å². The van der Waals surface area contributed by atoms with Gasteiger partial charge in [-0.25, -0.2) is 0 Å². The predicted octanol–water partition coefficient (Wildman–Crippen LogP) is 1.51. The van der Waals surface area contributed by atoms with E-state index in [0.717, 1.165) is 24.0 Å². The van der Waals surface area contributed by atoms with Crippen molar-refractivity contribution < 1.29 is 9.59 Å². The van der Waals surface area contributed by atoms with Gasteiger partial charge in [-0.2, -0.15) is 0 Å². The monoisotopic (exact) mass is 303 g/mol. The van der Waals surface area contributed by atoms with Crippen LogP contribution in [-0.4, -0.2) is 36.3 Å². The van der Waals surface area contributed by atoms with E-state index in [1.807, 2.05) is 50.2 Å². The van der Waals surface area contributed by atoms with E-state index in [4.69, 9.17) is 5.73 Å². The number of benzene rings is 1. The van der Waals surface area contributed by atoms with Crippen LogP contribution < -0.4 is 11.1 Å². The molecule has 0 saturated heterocycles. The number of nitrogens with two attached hydrogens (primary N) is 1. The van der Waals surface area contributed by atoms with Crippen molar-refractivity contribution >= 4 is 11.8 Å². The molecule has 1 aromatic carbocycles. The lowest BCUT2D eigenvalue weighted by molar-refractivity contribution is -0.134. The first-order valence-corrected chi connectivity index (χ1v) is 7.71. The molecule has 2 amide bonds. The summed E-state index contributed by atoms with van der Waals surface area (Å²) in [5.41, 5.74) is 6.72. The van der Waals surface area contributed by atoms with Crippen LogP contribution in [0.4, 0.5) is 0 Å². The SMILES string of the molecule is Cc1ccc([C@@H](C(=O)NC2(C(N)=O)CCCC2)N(C)C)cc1. The maximum atomic E-state index is 12.8. The van der Waals surface area contributed by atoms with E-state index < -0.39 is 17.5 Å². The van der Waals surface area contributed by atoms with Gasteiger partial charge < -0.3 is 11.1 Å². The van der Waals surface area contributed by atoms with E-state index in [1.165, 1.54) is 0 Å². The second kappa shape index (κ2) is 6.48. The molecule has 0 spiro atoms. The van der Waals surface area contributed by atoms with E-state index in [-0.39, 0.29) is 5.91 Å². The van der Waals surface area contributed by atoms with Crippen molar-refractivity contribution in [1.82, 2.24) is 10.2 Å². The zero-order valence-electron chi connectivity index (χ0n) is 13.6. The van der Waals surface area contributed by atoms with Crippen LogP contribution in [0.1, 0.15) is 42.9 Å². The van der Waals surface area contributed by atoms with E-state index in [0.29, 0.717) is 12.8 Å². The van der Waals surface area contributed by atoms with Crippen LogP contribution in [0.15, 0.2) is 24.3 Å². The summed E-state index contributed by atoms with van der Waals surface area (Å²) in [6, 6.07) is 7.44. The third kappa shape index (κ3) is 3.30. The third-order valence-electron chi connectivity index (χ3n) is 4.45. The molecule has 0 unspecified atom stereocenters. The standard InChI is InChI=1S/C17H25N3O2/c1-12-6-8-13(9-7-12)14(20(2)3)15(21)19-17(16(18)22)10-4-5-11-17/h6-9,14H,4-5,10-11H2,1-3H3,(H2,18,22)(H,19,21)/t14-/m0/s1. The van der Waals surface area contributed by atoms with Crippen LogP contribution in [0.25, 0.3) is 0 Å². The van der Waals surface area contributed by atoms with Crippen LogP contribution in [0, 0.1) is 6.92 Å². The summed E-state index contributed by atoms with van der Waals surface area (Å²) >= 11 is 0. The molecule has 22 heavy (non-hydrogen) atoms. The molecule has 120 valence electrons. The highest BCUT2D eigenvalue weighted by Gasteiger charge is 2.42. The van der Waals surface area contributed by atoms with E-state index >= 15 is 0 Å². The summed E-state index contributed by atoms with van der Waals surface area (Å²) < 4.78 is 0. The van der Waals surface area contributed by atoms with Crippen LogP contribution in [0.5, 0.6) is 0 Å². The molecule has 0 bridgehead atoms.